The predicted molar refractivity (Wildman–Crippen MR) is 129 cm³/mol. The molecule has 1 saturated heterocycles. The second-order valence-corrected chi connectivity index (χ2v) is 7.91. The number of amidine groups is 2. The number of guanidine groups is 1. The van der Waals surface area contributed by atoms with Gasteiger partial charge in [0.05, 0.1) is 16.6 Å². The average Bonchev–Trinajstić information content (AvgIpc) is 3.28. The molecule has 1 amide bonds. The van der Waals surface area contributed by atoms with Gasteiger partial charge in [-0.25, -0.2) is 14.9 Å². The molecule has 1 aliphatic heterocycles. The highest BCUT2D eigenvalue weighted by atomic mass is 79.9. The molecule has 7 N–H and O–H groups in total. The zero-order valence-electron chi connectivity index (χ0n) is 18.0. The van der Waals surface area contributed by atoms with E-state index in [-0.39, 0.29) is 28.6 Å². The number of carbonyl (C=O) groups excluding carboxylic acids is 1. The van der Waals surface area contributed by atoms with Crippen molar-refractivity contribution in [1.29, 1.82) is 0 Å². The Morgan fingerprint density at radius 1 is 1.24 bits per heavy atom. The third-order valence-corrected chi connectivity index (χ3v) is 5.11. The third kappa shape index (κ3) is 7.59. The number of nitrogens with one attached hydrogen (secondary N) is 4. The first-order valence-electron chi connectivity index (χ1n) is 10.3. The molecule has 1 unspecified atom stereocenters. The van der Waals surface area contributed by atoms with Gasteiger partial charge in [0.2, 0.25) is 5.91 Å². The lowest BCUT2D eigenvalue weighted by Crippen LogP contribution is -2.44. The molecule has 11 nitrogen and oxygen atoms in total. The van der Waals surface area contributed by atoms with Crippen molar-refractivity contribution < 1.29 is 19.3 Å². The van der Waals surface area contributed by atoms with Crippen molar-refractivity contribution in [3.63, 3.8) is 0 Å². The molecular weight excluding hydrogens is 511 g/mol. The van der Waals surface area contributed by atoms with Gasteiger partial charge in [0.1, 0.15) is 11.7 Å². The second-order valence-electron chi connectivity index (χ2n) is 7.06. The number of carbonyl (C=O) groups is 1. The molecule has 2 aromatic rings. The molecule has 0 spiro atoms. The number of amides is 1. The number of hydrogen-bond acceptors (Lipinski definition) is 7. The Balaban J connectivity index is 1.49. The topological polar surface area (TPSA) is 158 Å². The van der Waals surface area contributed by atoms with Crippen molar-refractivity contribution in [2.75, 3.05) is 13.1 Å². The third-order valence-electron chi connectivity index (χ3n) is 4.50. The van der Waals surface area contributed by atoms with E-state index in [9.17, 15) is 14.4 Å². The Kier molecular flexibility index (Phi) is 9.46. The van der Waals surface area contributed by atoms with E-state index < -0.39 is 11.9 Å². The second kappa shape index (κ2) is 12.7. The van der Waals surface area contributed by atoms with E-state index in [0.29, 0.717) is 31.0 Å². The smallest absolute Gasteiger partial charge is 0.231 e. The van der Waals surface area contributed by atoms with Gasteiger partial charge in [-0.05, 0) is 46.1 Å². The summed E-state index contributed by atoms with van der Waals surface area (Å²) in [5.41, 5.74) is 14.3. The molecule has 13 heteroatoms. The van der Waals surface area contributed by atoms with Gasteiger partial charge < -0.3 is 5.73 Å². The number of benzene rings is 2. The number of nitrogens with two attached hydrogens (primary N) is 1. The fourth-order valence-corrected chi connectivity index (χ4v) is 3.26. The Hall–Kier alpha value is -3.39. The fourth-order valence-electron chi connectivity index (χ4n) is 2.89. The molecule has 0 bridgehead atoms. The summed E-state index contributed by atoms with van der Waals surface area (Å²) in [6, 6.07) is 12.8. The van der Waals surface area contributed by atoms with Gasteiger partial charge >= 0.3 is 0 Å². The Bertz CT molecular complexity index is 1080. The van der Waals surface area contributed by atoms with Crippen LogP contribution in [0.5, 0.6) is 0 Å². The molecule has 0 aliphatic carbocycles. The lowest BCUT2D eigenvalue weighted by Gasteiger charge is -2.11. The molecule has 0 saturated carbocycles. The SMILES string of the molecule is NC(=NCCCN=C1NONC1C(=Nc1ccc(F)c(Br)c1)NO)NC(=O)Cc1ccccc1. The van der Waals surface area contributed by atoms with Crippen LogP contribution in [0.2, 0.25) is 0 Å². The Labute approximate surface area is 203 Å². The lowest BCUT2D eigenvalue weighted by atomic mass is 10.1. The summed E-state index contributed by atoms with van der Waals surface area (Å²) < 4.78 is 13.7. The highest BCUT2D eigenvalue weighted by Crippen LogP contribution is 2.22. The number of halogens is 2. The van der Waals surface area contributed by atoms with Crippen molar-refractivity contribution in [3.05, 3.63) is 64.4 Å². The molecule has 0 radical (unpaired) electrons. The maximum Gasteiger partial charge on any atom is 0.231 e. The standard InChI is InChI=1S/C21H24BrFN8O3/c22-15-12-14(7-8-16(15)23)27-20(29-33)18-19(31-34-30-18)25-9-4-10-26-21(24)28-17(32)11-13-5-2-1-3-6-13/h1-3,5-8,12,18,30,33H,4,9-11H2,(H,25,31)(H,27,29)(H3,24,26,28,32). The summed E-state index contributed by atoms with van der Waals surface area (Å²) in [6.45, 7) is 0.704. The number of hydroxylamine groups is 3. The van der Waals surface area contributed by atoms with Crippen LogP contribution >= 0.6 is 15.9 Å². The predicted octanol–water partition coefficient (Wildman–Crippen LogP) is 1.47. The monoisotopic (exact) mass is 534 g/mol. The quantitative estimate of drug-likeness (QED) is 0.129. The van der Waals surface area contributed by atoms with Gasteiger partial charge in [-0.1, -0.05) is 30.3 Å². The lowest BCUT2D eigenvalue weighted by molar-refractivity contribution is -0.119. The minimum Gasteiger partial charge on any atom is -0.370 e. The van der Waals surface area contributed by atoms with Crippen LogP contribution in [0.15, 0.2) is 68.0 Å². The van der Waals surface area contributed by atoms with Gasteiger partial charge in [0, 0.05) is 13.1 Å². The van der Waals surface area contributed by atoms with Gasteiger partial charge in [-0.15, -0.1) is 0 Å². The van der Waals surface area contributed by atoms with Gasteiger partial charge in [-0.3, -0.25) is 30.8 Å². The molecule has 1 atom stereocenters. The molecule has 3 rings (SSSR count). The van der Waals surface area contributed by atoms with Crippen molar-refractivity contribution in [2.24, 2.45) is 20.7 Å². The van der Waals surface area contributed by atoms with Crippen LogP contribution in [-0.2, 0) is 16.2 Å². The molecule has 1 aliphatic rings. The van der Waals surface area contributed by atoms with Crippen LogP contribution in [-0.4, -0.2) is 47.9 Å². The first kappa shape index (κ1) is 25.2. The van der Waals surface area contributed by atoms with Crippen LogP contribution in [0.3, 0.4) is 0 Å². The largest absolute Gasteiger partial charge is 0.370 e. The number of aliphatic imine (C=N–C) groups is 3. The van der Waals surface area contributed by atoms with Gasteiger partial charge in [0.25, 0.3) is 0 Å². The first-order chi connectivity index (χ1) is 16.5. The molecule has 180 valence electrons. The van der Waals surface area contributed by atoms with Crippen LogP contribution in [0.25, 0.3) is 0 Å². The van der Waals surface area contributed by atoms with Gasteiger partial charge in [-0.2, -0.15) is 10.4 Å². The maximum atomic E-state index is 13.4. The molecule has 2 aromatic carbocycles. The van der Waals surface area contributed by atoms with E-state index >= 15 is 0 Å². The fraction of sp³-hybridized carbons (Fsp3) is 0.238. The van der Waals surface area contributed by atoms with Gasteiger partial charge in [0.15, 0.2) is 17.8 Å². The zero-order chi connectivity index (χ0) is 24.3. The van der Waals surface area contributed by atoms with Crippen molar-refractivity contribution in [1.82, 2.24) is 21.8 Å². The minimum absolute atomic E-state index is 0.0415. The Morgan fingerprint density at radius 2 is 2.03 bits per heavy atom. The normalized spacial score (nSPS) is 17.5. The van der Waals surface area contributed by atoms with Crippen LogP contribution < -0.4 is 27.5 Å². The van der Waals surface area contributed by atoms with E-state index in [2.05, 4.69) is 47.2 Å². The van der Waals surface area contributed by atoms with Crippen molar-refractivity contribution in [2.45, 2.75) is 18.9 Å². The van der Waals surface area contributed by atoms with Crippen LogP contribution in [0.1, 0.15) is 12.0 Å². The molecule has 1 fully saturated rings. The maximum absolute atomic E-state index is 13.4. The summed E-state index contributed by atoms with van der Waals surface area (Å²) in [5, 5.41) is 12.1. The molecule has 1 heterocycles. The van der Waals surface area contributed by atoms with E-state index in [1.807, 2.05) is 35.8 Å². The van der Waals surface area contributed by atoms with Crippen molar-refractivity contribution in [3.8, 4) is 0 Å². The van der Waals surface area contributed by atoms with E-state index in [0.717, 1.165) is 5.56 Å². The van der Waals surface area contributed by atoms with Crippen LogP contribution in [0, 0.1) is 5.82 Å². The summed E-state index contributed by atoms with van der Waals surface area (Å²) in [6.07, 6.45) is 0.750. The first-order valence-corrected chi connectivity index (χ1v) is 11.0. The average molecular weight is 535 g/mol. The summed E-state index contributed by atoms with van der Waals surface area (Å²) >= 11 is 3.09. The Morgan fingerprint density at radius 3 is 2.76 bits per heavy atom. The molecule has 34 heavy (non-hydrogen) atoms. The highest BCUT2D eigenvalue weighted by Gasteiger charge is 2.28. The number of nitrogens with zero attached hydrogens (tertiary/aromatic N) is 3. The zero-order valence-corrected chi connectivity index (χ0v) is 19.5. The van der Waals surface area contributed by atoms with E-state index in [1.165, 1.54) is 18.2 Å². The van der Waals surface area contributed by atoms with Crippen LogP contribution in [0.4, 0.5) is 10.1 Å². The summed E-state index contributed by atoms with van der Waals surface area (Å²) in [5.74, 6) is -0.173. The molecular formula is C21H24BrFN8O3. The van der Waals surface area contributed by atoms with Crippen molar-refractivity contribution >= 4 is 45.2 Å². The van der Waals surface area contributed by atoms with E-state index in [4.69, 9.17) is 10.7 Å². The van der Waals surface area contributed by atoms with E-state index in [1.54, 1.807) is 0 Å². The molecule has 0 aromatic heterocycles. The summed E-state index contributed by atoms with van der Waals surface area (Å²) in [7, 11) is 0. The number of rotatable bonds is 8. The number of hydrogen-bond donors (Lipinski definition) is 6. The highest BCUT2D eigenvalue weighted by molar-refractivity contribution is 9.10. The summed E-state index contributed by atoms with van der Waals surface area (Å²) in [4.78, 5) is 29.8. The minimum atomic E-state index is -0.709.